The molecule has 0 amide bonds. The van der Waals surface area contributed by atoms with E-state index in [1.54, 1.807) is 24.3 Å². The highest BCUT2D eigenvalue weighted by Crippen LogP contribution is 2.40. The molecule has 0 aliphatic rings. The third-order valence-corrected chi connectivity index (χ3v) is 3.17. The topological polar surface area (TPSA) is 154 Å². The molecule has 0 fully saturated rings. The van der Waals surface area contributed by atoms with E-state index in [9.17, 15) is 30.6 Å². The van der Waals surface area contributed by atoms with Crippen molar-refractivity contribution >= 4 is 34.3 Å². The summed E-state index contributed by atoms with van der Waals surface area (Å²) in [6.45, 7) is 0. The van der Waals surface area contributed by atoms with Crippen LogP contribution in [0.1, 0.15) is 22.3 Å². The van der Waals surface area contributed by atoms with Crippen LogP contribution in [-0.2, 0) is 9.59 Å². The second-order valence-electron chi connectivity index (χ2n) is 4.24. The lowest BCUT2D eigenvalue weighted by Gasteiger charge is -2.09. The average Bonchev–Trinajstić information content (AvgIpc) is 2.61. The lowest BCUT2D eigenvalue weighted by molar-refractivity contribution is 0.564. The molecule has 0 radical (unpaired) electrons. The minimum Gasteiger partial charge on any atom is -0.211 e. The van der Waals surface area contributed by atoms with Crippen molar-refractivity contribution in [1.29, 1.82) is 21.0 Å². The molecule has 0 bridgehead atoms. The Morgan fingerprint density at radius 3 is 1.29 bits per heavy atom. The van der Waals surface area contributed by atoms with Crippen molar-refractivity contribution in [2.75, 3.05) is 0 Å². The van der Waals surface area contributed by atoms with Crippen molar-refractivity contribution in [3.05, 3.63) is 34.4 Å². The van der Waals surface area contributed by atoms with Crippen molar-refractivity contribution in [1.82, 2.24) is 0 Å². The maximum absolute atomic E-state index is 10.7. The van der Waals surface area contributed by atoms with Gasteiger partial charge in [-0.05, 0) is 12.1 Å². The number of nitrogens with zero attached hydrogens (tertiary/aromatic N) is 6. The summed E-state index contributed by atoms with van der Waals surface area (Å²) in [5.41, 5.74) is -1.02. The van der Waals surface area contributed by atoms with Crippen molar-refractivity contribution < 1.29 is 9.59 Å². The fourth-order valence-electron chi connectivity index (χ4n) is 2.23. The molecule has 0 heterocycles. The van der Waals surface area contributed by atoms with Gasteiger partial charge in [-0.2, -0.15) is 31.0 Å². The Hall–Kier alpha value is -4.58. The highest BCUT2D eigenvalue weighted by Gasteiger charge is 2.20. The fraction of sp³-hybridized carbons (Fsp3) is 0. The van der Waals surface area contributed by atoms with Gasteiger partial charge in [0.05, 0.1) is 22.3 Å². The number of isocyanates is 2. The third kappa shape index (κ3) is 2.28. The molecule has 0 saturated carbocycles. The van der Waals surface area contributed by atoms with Crippen LogP contribution in [0.4, 0.5) is 11.4 Å². The predicted octanol–water partition coefficient (Wildman–Crippen LogP) is 2.26. The number of hydrogen-bond donors (Lipinski definition) is 0. The molecule has 8 nitrogen and oxygen atoms in total. The Morgan fingerprint density at radius 2 is 1.04 bits per heavy atom. The van der Waals surface area contributed by atoms with E-state index < -0.39 is 0 Å². The van der Waals surface area contributed by atoms with Gasteiger partial charge >= 0.3 is 0 Å². The SMILES string of the molecule is N#Cc1cc2c(N=C=O)c(C#N)c(C#N)cc2c(N=C=O)c1C#N. The first-order valence-corrected chi connectivity index (χ1v) is 6.10. The van der Waals surface area contributed by atoms with Gasteiger partial charge in [0.1, 0.15) is 35.7 Å². The summed E-state index contributed by atoms with van der Waals surface area (Å²) in [5, 5.41) is 37.0. The molecule has 0 aliphatic heterocycles. The van der Waals surface area contributed by atoms with E-state index >= 15 is 0 Å². The van der Waals surface area contributed by atoms with Gasteiger partial charge in [0.25, 0.3) is 0 Å². The number of aliphatic imine (C=N–C) groups is 2. The second-order valence-corrected chi connectivity index (χ2v) is 4.24. The molecular formula is C16H2N6O2. The molecule has 24 heavy (non-hydrogen) atoms. The molecule has 2 aromatic carbocycles. The van der Waals surface area contributed by atoms with E-state index in [1.807, 2.05) is 0 Å². The standard InChI is InChI=1S/C16H2N6O2/c17-3-9-1-11-12(16(22-8-24)13(9)5-19)2-10(4-18)14(6-20)15(11)21-7-23/h1-2H. The summed E-state index contributed by atoms with van der Waals surface area (Å²) in [6, 6.07) is 9.53. The molecule has 2 aromatic rings. The van der Waals surface area contributed by atoms with Crippen LogP contribution in [-0.4, -0.2) is 12.2 Å². The second kappa shape index (κ2) is 6.46. The first kappa shape index (κ1) is 15.8. The zero-order valence-electron chi connectivity index (χ0n) is 11.7. The Balaban J connectivity index is 3.30. The molecule has 0 atom stereocenters. The van der Waals surface area contributed by atoms with E-state index in [2.05, 4.69) is 9.98 Å². The Kier molecular flexibility index (Phi) is 4.25. The third-order valence-electron chi connectivity index (χ3n) is 3.17. The molecule has 0 aromatic heterocycles. The van der Waals surface area contributed by atoms with Crippen LogP contribution >= 0.6 is 0 Å². The fourth-order valence-corrected chi connectivity index (χ4v) is 2.23. The zero-order valence-corrected chi connectivity index (χ0v) is 11.7. The predicted molar refractivity (Wildman–Crippen MR) is 78.4 cm³/mol. The van der Waals surface area contributed by atoms with Crippen molar-refractivity contribution in [3.8, 4) is 24.3 Å². The van der Waals surface area contributed by atoms with Crippen molar-refractivity contribution in [2.45, 2.75) is 0 Å². The average molecular weight is 310 g/mol. The van der Waals surface area contributed by atoms with E-state index in [0.29, 0.717) is 0 Å². The molecule has 108 valence electrons. The molecular weight excluding hydrogens is 308 g/mol. The molecule has 0 N–H and O–H groups in total. The summed E-state index contributed by atoms with van der Waals surface area (Å²) in [5.74, 6) is 0. The van der Waals surface area contributed by atoms with Crippen LogP contribution in [0, 0.1) is 45.3 Å². The highest BCUT2D eigenvalue weighted by molar-refractivity contribution is 6.06. The van der Waals surface area contributed by atoms with Gasteiger partial charge < -0.3 is 0 Å². The van der Waals surface area contributed by atoms with Crippen LogP contribution in [0.3, 0.4) is 0 Å². The maximum atomic E-state index is 10.7. The monoisotopic (exact) mass is 310 g/mol. The summed E-state index contributed by atoms with van der Waals surface area (Å²) >= 11 is 0. The van der Waals surface area contributed by atoms with Crippen LogP contribution in [0.25, 0.3) is 10.8 Å². The number of benzene rings is 2. The highest BCUT2D eigenvalue weighted by atomic mass is 16.1. The lowest BCUT2D eigenvalue weighted by Crippen LogP contribution is -1.92. The van der Waals surface area contributed by atoms with Crippen LogP contribution < -0.4 is 0 Å². The van der Waals surface area contributed by atoms with Gasteiger partial charge in [-0.1, -0.05) is 0 Å². The number of fused-ring (bicyclic) bond motifs is 1. The van der Waals surface area contributed by atoms with Crippen LogP contribution in [0.2, 0.25) is 0 Å². The minimum atomic E-state index is -0.192. The van der Waals surface area contributed by atoms with Crippen LogP contribution in [0.15, 0.2) is 22.1 Å². The van der Waals surface area contributed by atoms with Gasteiger partial charge in [-0.3, -0.25) is 0 Å². The van der Waals surface area contributed by atoms with Gasteiger partial charge in [-0.25, -0.2) is 9.59 Å². The normalized spacial score (nSPS) is 8.67. The van der Waals surface area contributed by atoms with Gasteiger partial charge in [0, 0.05) is 10.8 Å². The van der Waals surface area contributed by atoms with E-state index in [1.165, 1.54) is 24.3 Å². The summed E-state index contributed by atoms with van der Waals surface area (Å²) < 4.78 is 0. The molecule has 0 spiro atoms. The van der Waals surface area contributed by atoms with Crippen molar-refractivity contribution in [3.63, 3.8) is 0 Å². The lowest BCUT2D eigenvalue weighted by atomic mass is 9.94. The number of carbonyl (C=O) groups excluding carboxylic acids is 2. The maximum Gasteiger partial charge on any atom is 0.240 e. The van der Waals surface area contributed by atoms with E-state index in [-0.39, 0.29) is 44.4 Å². The Morgan fingerprint density at radius 1 is 0.667 bits per heavy atom. The number of rotatable bonds is 2. The molecule has 0 unspecified atom stereocenters. The van der Waals surface area contributed by atoms with E-state index in [0.717, 1.165) is 0 Å². The minimum absolute atomic E-state index is 0.110. The smallest absolute Gasteiger partial charge is 0.211 e. The quantitative estimate of drug-likeness (QED) is 0.612. The zero-order chi connectivity index (χ0) is 17.7. The van der Waals surface area contributed by atoms with Gasteiger partial charge in [0.2, 0.25) is 12.2 Å². The molecule has 0 aliphatic carbocycles. The number of hydrogen-bond acceptors (Lipinski definition) is 8. The largest absolute Gasteiger partial charge is 0.240 e. The van der Waals surface area contributed by atoms with Gasteiger partial charge in [0.15, 0.2) is 0 Å². The molecule has 2 rings (SSSR count). The number of nitriles is 4. The first-order chi connectivity index (χ1) is 11.7. The Labute approximate surface area is 134 Å². The first-order valence-electron chi connectivity index (χ1n) is 6.10. The van der Waals surface area contributed by atoms with Crippen molar-refractivity contribution in [2.24, 2.45) is 9.98 Å². The molecule has 8 heteroatoms. The van der Waals surface area contributed by atoms with Crippen LogP contribution in [0.5, 0.6) is 0 Å². The summed E-state index contributed by atoms with van der Waals surface area (Å²) in [4.78, 5) is 28.2. The summed E-state index contributed by atoms with van der Waals surface area (Å²) in [7, 11) is 0. The Bertz CT molecular complexity index is 1060. The van der Waals surface area contributed by atoms with E-state index in [4.69, 9.17) is 0 Å². The summed E-state index contributed by atoms with van der Waals surface area (Å²) in [6.07, 6.45) is 2.56. The van der Waals surface area contributed by atoms with Gasteiger partial charge in [-0.15, -0.1) is 0 Å². The molecule has 0 saturated heterocycles.